The fourth-order valence-corrected chi connectivity index (χ4v) is 4.11. The second-order valence-electron chi connectivity index (χ2n) is 6.09. The zero-order valence-corrected chi connectivity index (χ0v) is 15.1. The van der Waals surface area contributed by atoms with Crippen LogP contribution in [-0.4, -0.2) is 49.1 Å². The van der Waals surface area contributed by atoms with E-state index in [0.717, 1.165) is 21.1 Å². The van der Waals surface area contributed by atoms with Gasteiger partial charge in [-0.2, -0.15) is 0 Å². The van der Waals surface area contributed by atoms with Crippen molar-refractivity contribution in [3.63, 3.8) is 0 Å². The van der Waals surface area contributed by atoms with Crippen LogP contribution >= 0.6 is 11.3 Å². The third-order valence-corrected chi connectivity index (χ3v) is 5.60. The zero-order valence-electron chi connectivity index (χ0n) is 14.3. The maximum absolute atomic E-state index is 13.8. The van der Waals surface area contributed by atoms with Gasteiger partial charge in [0.15, 0.2) is 5.13 Å². The van der Waals surface area contributed by atoms with E-state index in [1.165, 1.54) is 12.1 Å². The monoisotopic (exact) mass is 371 g/mol. The first-order chi connectivity index (χ1) is 12.7. The highest BCUT2D eigenvalue weighted by atomic mass is 32.1. The number of thiazole rings is 1. The fraction of sp³-hybridized carbons (Fsp3) is 0.263. The summed E-state index contributed by atoms with van der Waals surface area (Å²) in [5.41, 5.74) is 1.07. The average molecular weight is 371 g/mol. The second kappa shape index (κ2) is 6.92. The number of carbonyl (C=O) groups excluding carboxylic acids is 1. The van der Waals surface area contributed by atoms with E-state index in [-0.39, 0.29) is 11.5 Å². The SMILES string of the molecule is COc1ccc2nc(N3CCN(C(=O)c4ccccc4F)CC3)sc2c1. The summed E-state index contributed by atoms with van der Waals surface area (Å²) < 4.78 is 20.2. The summed E-state index contributed by atoms with van der Waals surface area (Å²) in [5.74, 6) is 0.0878. The molecule has 0 atom stereocenters. The predicted molar refractivity (Wildman–Crippen MR) is 101 cm³/mol. The van der Waals surface area contributed by atoms with Gasteiger partial charge in [0.05, 0.1) is 22.9 Å². The molecule has 0 spiro atoms. The Hall–Kier alpha value is -2.67. The Morgan fingerprint density at radius 1 is 1.15 bits per heavy atom. The van der Waals surface area contributed by atoms with Gasteiger partial charge in [0.25, 0.3) is 5.91 Å². The Kier molecular flexibility index (Phi) is 4.46. The summed E-state index contributed by atoms with van der Waals surface area (Å²) in [6, 6.07) is 12.0. The maximum atomic E-state index is 13.8. The number of hydrogen-bond donors (Lipinski definition) is 0. The molecule has 0 N–H and O–H groups in total. The third kappa shape index (κ3) is 3.10. The van der Waals surface area contributed by atoms with Gasteiger partial charge in [-0.05, 0) is 30.3 Å². The quantitative estimate of drug-likeness (QED) is 0.708. The number of ether oxygens (including phenoxy) is 1. The number of rotatable bonds is 3. The predicted octanol–water partition coefficient (Wildman–Crippen LogP) is 3.41. The van der Waals surface area contributed by atoms with Gasteiger partial charge < -0.3 is 14.5 Å². The van der Waals surface area contributed by atoms with Gasteiger partial charge in [0.2, 0.25) is 0 Å². The van der Waals surface area contributed by atoms with Crippen molar-refractivity contribution in [3.8, 4) is 5.75 Å². The minimum atomic E-state index is -0.472. The molecule has 2 aromatic carbocycles. The van der Waals surface area contributed by atoms with Gasteiger partial charge in [-0.1, -0.05) is 23.5 Å². The van der Waals surface area contributed by atoms with Crippen LogP contribution in [0.2, 0.25) is 0 Å². The highest BCUT2D eigenvalue weighted by Gasteiger charge is 2.25. The number of methoxy groups -OCH3 is 1. The van der Waals surface area contributed by atoms with Gasteiger partial charge in [-0.15, -0.1) is 0 Å². The van der Waals surface area contributed by atoms with Crippen LogP contribution in [0.1, 0.15) is 10.4 Å². The molecule has 26 heavy (non-hydrogen) atoms. The molecule has 7 heteroatoms. The molecule has 0 unspecified atom stereocenters. The molecular formula is C19H18FN3O2S. The maximum Gasteiger partial charge on any atom is 0.256 e. The van der Waals surface area contributed by atoms with Gasteiger partial charge in [-0.25, -0.2) is 9.37 Å². The Morgan fingerprint density at radius 3 is 2.65 bits per heavy atom. The van der Waals surface area contributed by atoms with E-state index in [2.05, 4.69) is 9.88 Å². The lowest BCUT2D eigenvalue weighted by molar-refractivity contribution is 0.0742. The Labute approximate surface area is 154 Å². The van der Waals surface area contributed by atoms with Gasteiger partial charge in [-0.3, -0.25) is 4.79 Å². The normalized spacial score (nSPS) is 14.7. The molecule has 134 valence electrons. The summed E-state index contributed by atoms with van der Waals surface area (Å²) in [5, 5.41) is 0.936. The van der Waals surface area contributed by atoms with Crippen molar-refractivity contribution in [2.75, 3.05) is 38.2 Å². The summed E-state index contributed by atoms with van der Waals surface area (Å²) in [6.45, 7) is 2.45. The topological polar surface area (TPSA) is 45.7 Å². The van der Waals surface area contributed by atoms with Crippen LogP contribution < -0.4 is 9.64 Å². The Balaban J connectivity index is 1.46. The molecule has 0 saturated carbocycles. The molecule has 3 aromatic rings. The summed E-state index contributed by atoms with van der Waals surface area (Å²) in [7, 11) is 1.65. The van der Waals surface area contributed by atoms with Crippen molar-refractivity contribution in [1.29, 1.82) is 0 Å². The number of anilines is 1. The number of aromatic nitrogens is 1. The number of hydrogen-bond acceptors (Lipinski definition) is 5. The van der Waals surface area contributed by atoms with E-state index in [1.807, 2.05) is 18.2 Å². The molecule has 1 aromatic heterocycles. The molecule has 0 radical (unpaired) electrons. The van der Waals surface area contributed by atoms with Crippen LogP contribution in [0.5, 0.6) is 5.75 Å². The van der Waals surface area contributed by atoms with Gasteiger partial charge in [0.1, 0.15) is 11.6 Å². The summed E-state index contributed by atoms with van der Waals surface area (Å²) >= 11 is 1.61. The van der Waals surface area contributed by atoms with E-state index >= 15 is 0 Å². The van der Waals surface area contributed by atoms with Crippen LogP contribution in [0.15, 0.2) is 42.5 Å². The van der Waals surface area contributed by atoms with Gasteiger partial charge >= 0.3 is 0 Å². The standard InChI is InChI=1S/C19H18FN3O2S/c1-25-13-6-7-16-17(12-13)26-19(21-16)23-10-8-22(9-11-23)18(24)14-4-2-3-5-15(14)20/h2-7,12H,8-11H2,1H3. The lowest BCUT2D eigenvalue weighted by atomic mass is 10.1. The summed E-state index contributed by atoms with van der Waals surface area (Å²) in [4.78, 5) is 21.1. The Bertz CT molecular complexity index is 951. The van der Waals surface area contributed by atoms with Crippen LogP contribution in [-0.2, 0) is 0 Å². The van der Waals surface area contributed by atoms with E-state index in [1.54, 1.807) is 35.5 Å². The number of benzene rings is 2. The second-order valence-corrected chi connectivity index (χ2v) is 7.10. The smallest absolute Gasteiger partial charge is 0.256 e. The number of amides is 1. The van der Waals surface area contributed by atoms with E-state index in [0.29, 0.717) is 26.2 Å². The van der Waals surface area contributed by atoms with Crippen molar-refractivity contribution in [2.24, 2.45) is 0 Å². The fourth-order valence-electron chi connectivity index (χ4n) is 3.06. The molecule has 4 rings (SSSR count). The van der Waals surface area contributed by atoms with Crippen LogP contribution in [0, 0.1) is 5.82 Å². The van der Waals surface area contributed by atoms with E-state index in [9.17, 15) is 9.18 Å². The van der Waals surface area contributed by atoms with Crippen molar-refractivity contribution in [3.05, 3.63) is 53.8 Å². The van der Waals surface area contributed by atoms with Gasteiger partial charge in [0, 0.05) is 26.2 Å². The first-order valence-electron chi connectivity index (χ1n) is 8.39. The largest absolute Gasteiger partial charge is 0.497 e. The zero-order chi connectivity index (χ0) is 18.1. The van der Waals surface area contributed by atoms with E-state index in [4.69, 9.17) is 4.74 Å². The highest BCUT2D eigenvalue weighted by molar-refractivity contribution is 7.22. The van der Waals surface area contributed by atoms with Crippen LogP contribution in [0.3, 0.4) is 0 Å². The van der Waals surface area contributed by atoms with Crippen molar-refractivity contribution in [1.82, 2.24) is 9.88 Å². The third-order valence-electron chi connectivity index (χ3n) is 4.53. The number of fused-ring (bicyclic) bond motifs is 1. The molecule has 2 heterocycles. The lowest BCUT2D eigenvalue weighted by Gasteiger charge is -2.34. The molecule has 0 aliphatic carbocycles. The minimum Gasteiger partial charge on any atom is -0.497 e. The lowest BCUT2D eigenvalue weighted by Crippen LogP contribution is -2.49. The van der Waals surface area contributed by atoms with Crippen LogP contribution in [0.4, 0.5) is 9.52 Å². The molecule has 1 amide bonds. The first kappa shape index (κ1) is 16.8. The van der Waals surface area contributed by atoms with Crippen molar-refractivity contribution >= 4 is 32.6 Å². The summed E-state index contributed by atoms with van der Waals surface area (Å²) in [6.07, 6.45) is 0. The number of nitrogens with zero attached hydrogens (tertiary/aromatic N) is 3. The Morgan fingerprint density at radius 2 is 1.92 bits per heavy atom. The van der Waals surface area contributed by atoms with E-state index < -0.39 is 5.82 Å². The number of piperazine rings is 1. The minimum absolute atomic E-state index is 0.132. The highest BCUT2D eigenvalue weighted by Crippen LogP contribution is 2.32. The first-order valence-corrected chi connectivity index (χ1v) is 9.20. The van der Waals surface area contributed by atoms with Crippen molar-refractivity contribution in [2.45, 2.75) is 0 Å². The number of halogens is 1. The molecule has 1 aliphatic rings. The van der Waals surface area contributed by atoms with Crippen LogP contribution in [0.25, 0.3) is 10.2 Å². The molecule has 1 saturated heterocycles. The molecular weight excluding hydrogens is 353 g/mol. The number of carbonyl (C=O) groups is 1. The van der Waals surface area contributed by atoms with Crippen molar-refractivity contribution < 1.29 is 13.9 Å². The average Bonchev–Trinajstić information content (AvgIpc) is 3.11. The molecule has 0 bridgehead atoms. The molecule has 1 aliphatic heterocycles. The molecule has 1 fully saturated rings. The molecule has 5 nitrogen and oxygen atoms in total.